The first kappa shape index (κ1) is 12.0. The number of hydrogen-bond acceptors (Lipinski definition) is 5. The van der Waals surface area contributed by atoms with Crippen LogP contribution in [0.5, 0.6) is 0 Å². The molecule has 1 fully saturated rings. The molecule has 0 bridgehead atoms. The molecule has 3 rings (SSSR count). The fraction of sp³-hybridized carbons (Fsp3) is 0.750. The van der Waals surface area contributed by atoms with Gasteiger partial charge < -0.3 is 5.73 Å². The van der Waals surface area contributed by atoms with Gasteiger partial charge in [0, 0.05) is 17.4 Å². The van der Waals surface area contributed by atoms with Crippen molar-refractivity contribution in [3.63, 3.8) is 0 Å². The number of rotatable bonds is 1. The molecule has 1 saturated carbocycles. The van der Waals surface area contributed by atoms with Gasteiger partial charge in [-0.3, -0.25) is 0 Å². The zero-order valence-corrected chi connectivity index (χ0v) is 11.9. The smallest absolute Gasteiger partial charge is 0.234 e. The van der Waals surface area contributed by atoms with Crippen LogP contribution in [0.25, 0.3) is 4.96 Å². The molecule has 0 aromatic carbocycles. The van der Waals surface area contributed by atoms with Crippen molar-refractivity contribution in [1.82, 2.24) is 19.8 Å². The molecule has 18 heavy (non-hydrogen) atoms. The summed E-state index contributed by atoms with van der Waals surface area (Å²) in [4.78, 5) is 0.883. The molecule has 0 radical (unpaired) electrons. The van der Waals surface area contributed by atoms with Crippen LogP contribution < -0.4 is 5.73 Å². The van der Waals surface area contributed by atoms with Gasteiger partial charge in [-0.05, 0) is 12.8 Å². The first-order valence-electron chi connectivity index (χ1n) is 6.45. The Balaban J connectivity index is 2.04. The molecule has 98 valence electrons. The van der Waals surface area contributed by atoms with Crippen molar-refractivity contribution in [3.05, 3.63) is 10.8 Å². The summed E-state index contributed by atoms with van der Waals surface area (Å²) >= 11 is 1.63. The number of nitrogens with two attached hydrogens (primary N) is 1. The van der Waals surface area contributed by atoms with Crippen molar-refractivity contribution in [2.45, 2.75) is 57.4 Å². The molecule has 6 heteroatoms. The largest absolute Gasteiger partial charge is 0.327 e. The van der Waals surface area contributed by atoms with Gasteiger partial charge in [0.2, 0.25) is 4.96 Å². The first-order valence-corrected chi connectivity index (χ1v) is 7.26. The van der Waals surface area contributed by atoms with E-state index < -0.39 is 0 Å². The standard InChI is InChI=1S/C12H19N5S/c1-12(2,3)10-14-15-11-17(10)16-9(18-11)7-5-4-6-8(7)13/h7-8H,4-6,13H2,1-3H3. The van der Waals surface area contributed by atoms with E-state index in [0.29, 0.717) is 5.92 Å². The second-order valence-electron chi connectivity index (χ2n) is 6.11. The van der Waals surface area contributed by atoms with Gasteiger partial charge in [0.05, 0.1) is 0 Å². The van der Waals surface area contributed by atoms with E-state index in [2.05, 4.69) is 31.0 Å². The summed E-state index contributed by atoms with van der Waals surface area (Å²) in [6.45, 7) is 6.39. The maximum Gasteiger partial charge on any atom is 0.234 e. The summed E-state index contributed by atoms with van der Waals surface area (Å²) in [6, 6.07) is 0.256. The molecule has 2 aromatic heterocycles. The van der Waals surface area contributed by atoms with Gasteiger partial charge in [-0.2, -0.15) is 9.61 Å². The third kappa shape index (κ3) is 1.83. The summed E-state index contributed by atoms with van der Waals surface area (Å²) in [7, 11) is 0. The van der Waals surface area contributed by atoms with E-state index in [0.717, 1.165) is 28.6 Å². The van der Waals surface area contributed by atoms with Gasteiger partial charge in [-0.25, -0.2) is 0 Å². The Bertz CT molecular complexity index is 565. The third-order valence-corrected chi connectivity index (χ3v) is 4.59. The summed E-state index contributed by atoms with van der Waals surface area (Å²) < 4.78 is 1.89. The maximum absolute atomic E-state index is 6.15. The number of fused-ring (bicyclic) bond motifs is 1. The van der Waals surface area contributed by atoms with Crippen LogP contribution in [0.15, 0.2) is 0 Å². The molecular weight excluding hydrogens is 246 g/mol. The van der Waals surface area contributed by atoms with Crippen LogP contribution in [0.2, 0.25) is 0 Å². The van der Waals surface area contributed by atoms with Crippen molar-refractivity contribution in [2.24, 2.45) is 5.73 Å². The Labute approximate surface area is 110 Å². The highest BCUT2D eigenvalue weighted by molar-refractivity contribution is 7.16. The van der Waals surface area contributed by atoms with Crippen molar-refractivity contribution in [3.8, 4) is 0 Å². The van der Waals surface area contributed by atoms with Crippen LogP contribution in [-0.2, 0) is 5.41 Å². The van der Waals surface area contributed by atoms with E-state index >= 15 is 0 Å². The highest BCUT2D eigenvalue weighted by Gasteiger charge is 2.30. The van der Waals surface area contributed by atoms with E-state index in [1.54, 1.807) is 11.3 Å². The first-order chi connectivity index (χ1) is 8.47. The van der Waals surface area contributed by atoms with Gasteiger partial charge >= 0.3 is 0 Å². The van der Waals surface area contributed by atoms with E-state index in [4.69, 9.17) is 10.8 Å². The third-order valence-electron chi connectivity index (χ3n) is 3.56. The average Bonchev–Trinajstić information content (AvgIpc) is 2.87. The van der Waals surface area contributed by atoms with Crippen LogP contribution in [0.1, 0.15) is 56.8 Å². The molecule has 0 aliphatic heterocycles. The zero-order chi connectivity index (χ0) is 12.9. The Hall–Kier alpha value is -1.01. The van der Waals surface area contributed by atoms with Gasteiger partial charge in [-0.1, -0.05) is 38.5 Å². The Morgan fingerprint density at radius 3 is 2.67 bits per heavy atom. The topological polar surface area (TPSA) is 69.1 Å². The van der Waals surface area contributed by atoms with Crippen molar-refractivity contribution in [1.29, 1.82) is 0 Å². The fourth-order valence-corrected chi connectivity index (χ4v) is 3.59. The lowest BCUT2D eigenvalue weighted by Gasteiger charge is -2.14. The van der Waals surface area contributed by atoms with Gasteiger partial charge in [-0.15, -0.1) is 10.2 Å². The molecule has 0 spiro atoms. The maximum atomic E-state index is 6.15. The Morgan fingerprint density at radius 1 is 1.28 bits per heavy atom. The molecule has 1 aliphatic carbocycles. The Kier molecular flexibility index (Phi) is 2.67. The highest BCUT2D eigenvalue weighted by Crippen LogP contribution is 2.36. The predicted molar refractivity (Wildman–Crippen MR) is 71.9 cm³/mol. The number of aromatic nitrogens is 4. The summed E-state index contributed by atoms with van der Waals surface area (Å²) in [5.41, 5.74) is 6.11. The zero-order valence-electron chi connectivity index (χ0n) is 11.1. The minimum absolute atomic E-state index is 0.0391. The molecule has 5 nitrogen and oxygen atoms in total. The molecule has 1 aliphatic rings. The van der Waals surface area contributed by atoms with E-state index in [1.807, 2.05) is 4.52 Å². The molecule has 2 atom stereocenters. The second kappa shape index (κ2) is 3.99. The van der Waals surface area contributed by atoms with Crippen molar-refractivity contribution in [2.75, 3.05) is 0 Å². The molecule has 2 aromatic rings. The van der Waals surface area contributed by atoms with Crippen LogP contribution in [0, 0.1) is 0 Å². The van der Waals surface area contributed by atoms with Crippen LogP contribution in [0.3, 0.4) is 0 Å². The SMILES string of the molecule is CC(C)(C)c1nnc2sc(C3CCCC3N)nn12. The summed E-state index contributed by atoms with van der Waals surface area (Å²) in [6.07, 6.45) is 3.46. The fourth-order valence-electron chi connectivity index (χ4n) is 2.54. The van der Waals surface area contributed by atoms with Gasteiger partial charge in [0.15, 0.2) is 5.82 Å². The normalized spacial score (nSPS) is 25.1. The molecular formula is C12H19N5S. The lowest BCUT2D eigenvalue weighted by molar-refractivity contribution is 0.522. The van der Waals surface area contributed by atoms with Gasteiger partial charge in [0.1, 0.15) is 5.01 Å². The molecule has 0 amide bonds. The lowest BCUT2D eigenvalue weighted by Crippen LogP contribution is -2.23. The molecule has 2 heterocycles. The monoisotopic (exact) mass is 265 g/mol. The van der Waals surface area contributed by atoms with Gasteiger partial charge in [0.25, 0.3) is 0 Å². The van der Waals surface area contributed by atoms with Crippen LogP contribution in [-0.4, -0.2) is 25.9 Å². The second-order valence-corrected chi connectivity index (χ2v) is 7.10. The molecule has 0 saturated heterocycles. The van der Waals surface area contributed by atoms with Crippen LogP contribution >= 0.6 is 11.3 Å². The minimum Gasteiger partial charge on any atom is -0.327 e. The summed E-state index contributed by atoms with van der Waals surface area (Å²) in [5, 5.41) is 14.3. The Morgan fingerprint density at radius 2 is 2.06 bits per heavy atom. The minimum atomic E-state index is -0.0391. The van der Waals surface area contributed by atoms with Crippen LogP contribution in [0.4, 0.5) is 0 Å². The molecule has 2 N–H and O–H groups in total. The molecule has 2 unspecified atom stereocenters. The lowest BCUT2D eigenvalue weighted by atomic mass is 9.96. The van der Waals surface area contributed by atoms with E-state index in [1.165, 1.54) is 6.42 Å². The van der Waals surface area contributed by atoms with E-state index in [-0.39, 0.29) is 11.5 Å². The number of nitrogens with zero attached hydrogens (tertiary/aromatic N) is 4. The summed E-state index contributed by atoms with van der Waals surface area (Å²) in [5.74, 6) is 1.33. The van der Waals surface area contributed by atoms with Crippen molar-refractivity contribution < 1.29 is 0 Å². The average molecular weight is 265 g/mol. The number of hydrogen-bond donors (Lipinski definition) is 1. The quantitative estimate of drug-likeness (QED) is 0.857. The predicted octanol–water partition coefficient (Wildman–Crippen LogP) is 2.08. The van der Waals surface area contributed by atoms with E-state index in [9.17, 15) is 0 Å². The highest BCUT2D eigenvalue weighted by atomic mass is 32.1. The van der Waals surface area contributed by atoms with Crippen molar-refractivity contribution >= 4 is 16.3 Å².